The second kappa shape index (κ2) is 11.5. The Labute approximate surface area is 245 Å². The Morgan fingerprint density at radius 1 is 0.780 bits per heavy atom. The second-order valence-electron chi connectivity index (χ2n) is 9.33. The molecule has 4 aromatic rings. The first kappa shape index (κ1) is 29.2. The number of nitrogens with zero attached hydrogens (tertiary/aromatic N) is 1. The number of anilines is 2. The molecule has 0 radical (unpaired) electrons. The largest absolute Gasteiger partial charge is 0.275 e. The number of benzene rings is 3. The molecular formula is C28H23ClF2N2O5S3. The minimum atomic E-state index is -4.60. The number of carbonyl (C=O) groups is 1. The normalized spacial score (nSPS) is 13.7. The Morgan fingerprint density at radius 2 is 1.34 bits per heavy atom. The first-order valence-corrected chi connectivity index (χ1v) is 16.6. The van der Waals surface area contributed by atoms with E-state index >= 15 is 0 Å². The first-order valence-electron chi connectivity index (χ1n) is 12.5. The third-order valence-corrected chi connectivity index (χ3v) is 11.3. The van der Waals surface area contributed by atoms with Gasteiger partial charge in [0.05, 0.1) is 21.0 Å². The molecule has 1 N–H and O–H groups in total. The maximum atomic E-state index is 14.4. The standard InChI is InChI=1S/C28H23ClF2N2O5S3/c29-18-6-12-21(13-7-18)33(41(37,38)23-16-10-20(31)11-17-23)28(34)26-24-4-2-1-3-5-25(24)39-27(26)32-40(35,36)22-14-8-19(30)9-15-22/h6-17,32H,1-5H2. The molecule has 1 aliphatic rings. The van der Waals surface area contributed by atoms with Gasteiger partial charge in [-0.15, -0.1) is 11.3 Å². The maximum Gasteiger partial charge on any atom is 0.275 e. The molecule has 41 heavy (non-hydrogen) atoms. The average molecular weight is 637 g/mol. The molecule has 1 aromatic heterocycles. The van der Waals surface area contributed by atoms with Crippen molar-refractivity contribution in [2.45, 2.75) is 41.9 Å². The number of sulfonamides is 2. The highest BCUT2D eigenvalue weighted by atomic mass is 35.5. The van der Waals surface area contributed by atoms with Crippen molar-refractivity contribution in [2.24, 2.45) is 0 Å². The van der Waals surface area contributed by atoms with Crippen LogP contribution in [0.3, 0.4) is 0 Å². The predicted octanol–water partition coefficient (Wildman–Crippen LogP) is 6.79. The molecule has 5 rings (SSSR count). The Bertz CT molecular complexity index is 1810. The van der Waals surface area contributed by atoms with Gasteiger partial charge in [-0.25, -0.2) is 25.6 Å². The number of aryl methyl sites for hydroxylation is 1. The molecule has 7 nitrogen and oxygen atoms in total. The van der Waals surface area contributed by atoms with E-state index in [1.54, 1.807) is 0 Å². The van der Waals surface area contributed by atoms with Gasteiger partial charge < -0.3 is 0 Å². The number of thiophene rings is 1. The monoisotopic (exact) mass is 636 g/mol. The lowest BCUT2D eigenvalue weighted by molar-refractivity contribution is 0.101. The quantitative estimate of drug-likeness (QED) is 0.225. The van der Waals surface area contributed by atoms with Crippen molar-refractivity contribution < 1.29 is 30.4 Å². The predicted molar refractivity (Wildman–Crippen MR) is 155 cm³/mol. The third-order valence-electron chi connectivity index (χ3n) is 6.58. The highest BCUT2D eigenvalue weighted by molar-refractivity contribution is 7.93. The Morgan fingerprint density at radius 3 is 1.95 bits per heavy atom. The van der Waals surface area contributed by atoms with Gasteiger partial charge in [0.25, 0.3) is 26.0 Å². The fourth-order valence-electron chi connectivity index (χ4n) is 4.59. The van der Waals surface area contributed by atoms with Crippen LogP contribution >= 0.6 is 22.9 Å². The number of nitrogens with one attached hydrogen (secondary N) is 1. The Balaban J connectivity index is 1.68. The average Bonchev–Trinajstić information content (AvgIpc) is 3.09. The molecular weight excluding hydrogens is 614 g/mol. The van der Waals surface area contributed by atoms with Crippen molar-refractivity contribution in [2.75, 3.05) is 9.03 Å². The number of halogens is 3. The first-order chi connectivity index (χ1) is 19.5. The second-order valence-corrected chi connectivity index (χ2v) is 14.3. The summed E-state index contributed by atoms with van der Waals surface area (Å²) >= 11 is 7.10. The molecule has 214 valence electrons. The van der Waals surface area contributed by atoms with Crippen LogP contribution in [0.4, 0.5) is 19.5 Å². The van der Waals surface area contributed by atoms with E-state index in [-0.39, 0.29) is 26.0 Å². The number of fused-ring (bicyclic) bond motifs is 1. The van der Waals surface area contributed by atoms with Crippen molar-refractivity contribution in [3.8, 4) is 0 Å². The fourth-order valence-corrected chi connectivity index (χ4v) is 8.70. The van der Waals surface area contributed by atoms with Crippen molar-refractivity contribution in [3.05, 3.63) is 105 Å². The Kier molecular flexibility index (Phi) is 8.20. The molecule has 1 amide bonds. The lowest BCUT2D eigenvalue weighted by Crippen LogP contribution is -2.37. The van der Waals surface area contributed by atoms with Crippen molar-refractivity contribution in [3.63, 3.8) is 0 Å². The highest BCUT2D eigenvalue weighted by Crippen LogP contribution is 2.41. The summed E-state index contributed by atoms with van der Waals surface area (Å²) in [7, 11) is -8.87. The minimum Gasteiger partial charge on any atom is -0.270 e. The molecule has 0 fully saturated rings. The van der Waals surface area contributed by atoms with Crippen LogP contribution < -0.4 is 9.03 Å². The number of rotatable bonds is 7. The SMILES string of the molecule is O=C(c1c(NS(=O)(=O)c2ccc(F)cc2)sc2c1CCCCC2)N(c1ccc(Cl)cc1)S(=O)(=O)c1ccc(F)cc1. The van der Waals surface area contributed by atoms with Crippen LogP contribution in [0, 0.1) is 11.6 Å². The van der Waals surface area contributed by atoms with E-state index in [1.807, 2.05) is 0 Å². The summed E-state index contributed by atoms with van der Waals surface area (Å²) in [6.07, 6.45) is 3.46. The molecule has 0 bridgehead atoms. The number of hydrogen-bond donors (Lipinski definition) is 1. The zero-order chi connectivity index (χ0) is 29.4. The van der Waals surface area contributed by atoms with E-state index in [1.165, 1.54) is 24.3 Å². The lowest BCUT2D eigenvalue weighted by atomic mass is 10.0. The minimum absolute atomic E-state index is 0.0374. The van der Waals surface area contributed by atoms with Crippen LogP contribution in [0.1, 0.15) is 40.1 Å². The molecule has 0 saturated heterocycles. The zero-order valence-electron chi connectivity index (χ0n) is 21.3. The molecule has 0 unspecified atom stereocenters. The summed E-state index contributed by atoms with van der Waals surface area (Å²) < 4.78 is 84.6. The van der Waals surface area contributed by atoms with Gasteiger partial charge in [0.1, 0.15) is 16.6 Å². The zero-order valence-corrected chi connectivity index (χ0v) is 24.5. The van der Waals surface area contributed by atoms with Crippen LogP contribution in [0.5, 0.6) is 0 Å². The van der Waals surface area contributed by atoms with Crippen molar-refractivity contribution in [1.29, 1.82) is 0 Å². The van der Waals surface area contributed by atoms with E-state index in [4.69, 9.17) is 11.6 Å². The van der Waals surface area contributed by atoms with Gasteiger partial charge in [-0.3, -0.25) is 9.52 Å². The molecule has 1 aliphatic carbocycles. The summed E-state index contributed by atoms with van der Waals surface area (Å²) in [5.74, 6) is -2.26. The third kappa shape index (κ3) is 6.01. The van der Waals surface area contributed by atoms with Crippen LogP contribution in [-0.2, 0) is 32.9 Å². The van der Waals surface area contributed by atoms with Gasteiger partial charge >= 0.3 is 0 Å². The molecule has 0 atom stereocenters. The molecule has 1 heterocycles. The summed E-state index contributed by atoms with van der Waals surface area (Å²) in [6, 6.07) is 13.8. The van der Waals surface area contributed by atoms with E-state index in [2.05, 4.69) is 4.72 Å². The van der Waals surface area contributed by atoms with E-state index in [0.29, 0.717) is 27.7 Å². The van der Waals surface area contributed by atoms with Gasteiger partial charge in [0.15, 0.2) is 0 Å². The van der Waals surface area contributed by atoms with Crippen molar-refractivity contribution >= 4 is 59.6 Å². The van der Waals surface area contributed by atoms with Crippen LogP contribution in [0.2, 0.25) is 5.02 Å². The van der Waals surface area contributed by atoms with Gasteiger partial charge in [-0.2, -0.15) is 4.31 Å². The topological polar surface area (TPSA) is 101 Å². The fraction of sp³-hybridized carbons (Fsp3) is 0.179. The molecule has 0 saturated carbocycles. The van der Waals surface area contributed by atoms with Gasteiger partial charge in [0, 0.05) is 9.90 Å². The molecule has 0 aliphatic heterocycles. The maximum absolute atomic E-state index is 14.4. The summed E-state index contributed by atoms with van der Waals surface area (Å²) in [5.41, 5.74) is 0.449. The van der Waals surface area contributed by atoms with Gasteiger partial charge in [-0.1, -0.05) is 18.0 Å². The lowest BCUT2D eigenvalue weighted by Gasteiger charge is -2.24. The summed E-state index contributed by atoms with van der Waals surface area (Å²) in [6.45, 7) is 0. The molecule has 3 aromatic carbocycles. The van der Waals surface area contributed by atoms with Gasteiger partial charge in [0.2, 0.25) is 0 Å². The van der Waals surface area contributed by atoms with Crippen LogP contribution in [-0.4, -0.2) is 22.7 Å². The van der Waals surface area contributed by atoms with Crippen LogP contribution in [0.25, 0.3) is 0 Å². The number of carbonyl (C=O) groups excluding carboxylic acids is 1. The Hall–Kier alpha value is -3.32. The smallest absolute Gasteiger partial charge is 0.270 e. The van der Waals surface area contributed by atoms with E-state index < -0.39 is 37.6 Å². The summed E-state index contributed by atoms with van der Waals surface area (Å²) in [4.78, 5) is 14.6. The molecule has 0 spiro atoms. The summed E-state index contributed by atoms with van der Waals surface area (Å²) in [5, 5.41) is 0.261. The number of hydrogen-bond acceptors (Lipinski definition) is 6. The van der Waals surface area contributed by atoms with Crippen LogP contribution in [0.15, 0.2) is 82.6 Å². The highest BCUT2D eigenvalue weighted by Gasteiger charge is 2.37. The van der Waals surface area contributed by atoms with E-state index in [0.717, 1.165) is 84.0 Å². The van der Waals surface area contributed by atoms with Gasteiger partial charge in [-0.05, 0) is 104 Å². The van der Waals surface area contributed by atoms with E-state index in [9.17, 15) is 30.4 Å². The van der Waals surface area contributed by atoms with Crippen molar-refractivity contribution in [1.82, 2.24) is 0 Å². The molecule has 13 heteroatoms. The number of amides is 1.